The molecule has 0 N–H and O–H groups in total. The van der Waals surface area contributed by atoms with Crippen LogP contribution in [0.2, 0.25) is 0 Å². The number of benzene rings is 9. The average Bonchev–Trinajstić information content (AvgIpc) is 3.57. The van der Waals surface area contributed by atoms with Crippen molar-refractivity contribution in [2.45, 2.75) is 0 Å². The summed E-state index contributed by atoms with van der Waals surface area (Å²) in [4.78, 5) is 0. The first-order chi connectivity index (χ1) is 25.0. The van der Waals surface area contributed by atoms with Gasteiger partial charge in [0.2, 0.25) is 0 Å². The summed E-state index contributed by atoms with van der Waals surface area (Å²) in [6.07, 6.45) is 0. The summed E-state index contributed by atoms with van der Waals surface area (Å²) in [6, 6.07) is 50.3. The van der Waals surface area contributed by atoms with Crippen molar-refractivity contribution in [1.82, 2.24) is 0 Å². The molecule has 0 atom stereocenters. The van der Waals surface area contributed by atoms with Gasteiger partial charge in [-0.25, -0.2) is 0 Å². The molecule has 218 valence electrons. The van der Waals surface area contributed by atoms with Crippen LogP contribution in [0.1, 0.15) is 5.48 Å². The minimum absolute atomic E-state index is 0.0608. The van der Waals surface area contributed by atoms with Crippen molar-refractivity contribution in [2.75, 3.05) is 0 Å². The quantitative estimate of drug-likeness (QED) is 0.184. The molecule has 0 radical (unpaired) electrons. The van der Waals surface area contributed by atoms with Crippen LogP contribution in [0, 0.1) is 0 Å². The first-order valence-corrected chi connectivity index (χ1v) is 15.9. The lowest BCUT2D eigenvalue weighted by Crippen LogP contribution is -1.91. The molecule has 0 bridgehead atoms. The number of furan rings is 1. The van der Waals surface area contributed by atoms with E-state index in [1.807, 2.05) is 24.3 Å². The number of fused-ring (bicyclic) bond motifs is 8. The summed E-state index contributed by atoms with van der Waals surface area (Å²) < 4.78 is 40.1. The predicted octanol–water partition coefficient (Wildman–Crippen LogP) is 13.2. The molecule has 0 saturated heterocycles. The number of hydrogen-bond acceptors (Lipinski definition) is 1. The van der Waals surface area contributed by atoms with Gasteiger partial charge >= 0.3 is 0 Å². The molecule has 0 spiro atoms. The Morgan fingerprint density at radius 2 is 0.894 bits per heavy atom. The van der Waals surface area contributed by atoms with Crippen molar-refractivity contribution in [3.05, 3.63) is 170 Å². The second-order valence-corrected chi connectivity index (χ2v) is 12.1. The topological polar surface area (TPSA) is 13.1 Å². The lowest BCUT2D eigenvalue weighted by molar-refractivity contribution is 0.674. The van der Waals surface area contributed by atoms with Crippen LogP contribution in [0.4, 0.5) is 0 Å². The zero-order valence-corrected chi connectivity index (χ0v) is 25.3. The highest BCUT2D eigenvalue weighted by molar-refractivity contribution is 6.23. The first-order valence-electron chi connectivity index (χ1n) is 17.9. The van der Waals surface area contributed by atoms with Crippen LogP contribution in [0.15, 0.2) is 174 Å². The monoisotopic (exact) mass is 600 g/mol. The smallest absolute Gasteiger partial charge is 0.143 e. The Morgan fingerprint density at radius 1 is 0.340 bits per heavy atom. The number of para-hydroxylation sites is 1. The van der Waals surface area contributed by atoms with Crippen molar-refractivity contribution >= 4 is 65.0 Å². The Balaban J connectivity index is 1.17. The van der Waals surface area contributed by atoms with Crippen molar-refractivity contribution in [3.63, 3.8) is 0 Å². The largest absolute Gasteiger partial charge is 0.455 e. The third kappa shape index (κ3) is 3.90. The first kappa shape index (κ1) is 22.3. The summed E-state index contributed by atoms with van der Waals surface area (Å²) in [5, 5.41) is 9.86. The Bertz CT molecular complexity index is 3000. The van der Waals surface area contributed by atoms with Crippen molar-refractivity contribution in [2.24, 2.45) is 0 Å². The lowest BCUT2D eigenvalue weighted by atomic mass is 9.84. The van der Waals surface area contributed by atoms with Gasteiger partial charge in [0.25, 0.3) is 0 Å². The van der Waals surface area contributed by atoms with E-state index in [4.69, 9.17) is 9.90 Å². The summed E-state index contributed by atoms with van der Waals surface area (Å²) in [7, 11) is 0. The maximum absolute atomic E-state index is 8.67. The van der Waals surface area contributed by atoms with E-state index >= 15 is 0 Å². The van der Waals surface area contributed by atoms with Gasteiger partial charge in [-0.3, -0.25) is 0 Å². The van der Waals surface area contributed by atoms with E-state index in [9.17, 15) is 0 Å². The standard InChI is InChI=1S/C46H28O/c1-3-14-33-29(11-1)13-9-21-36(33)44-39-18-7-5-16-37(39)43(38-17-6-8-19-40(38)44)32-25-23-31(24-26-32)35-20-10-22-41-42-28-27-30-12-2-4-15-34(30)46(42)47-45(35)41/h1-28H/i2D,4D,12D,15D. The van der Waals surface area contributed by atoms with Gasteiger partial charge in [0.05, 0.1) is 5.48 Å². The van der Waals surface area contributed by atoms with Gasteiger partial charge in [0, 0.05) is 21.7 Å². The van der Waals surface area contributed by atoms with Gasteiger partial charge in [-0.15, -0.1) is 0 Å². The molecule has 10 aromatic rings. The molecule has 0 aliphatic rings. The molecule has 0 aliphatic heterocycles. The van der Waals surface area contributed by atoms with Gasteiger partial charge in [-0.2, -0.15) is 0 Å². The van der Waals surface area contributed by atoms with Crippen LogP contribution >= 0.6 is 0 Å². The Hall–Kier alpha value is -6.18. The fourth-order valence-corrected chi connectivity index (χ4v) is 7.50. The molecule has 0 amide bonds. The van der Waals surface area contributed by atoms with Crippen LogP contribution in [0.5, 0.6) is 0 Å². The molecule has 0 unspecified atom stereocenters. The molecule has 0 aliphatic carbocycles. The van der Waals surface area contributed by atoms with Gasteiger partial charge in [0.1, 0.15) is 11.2 Å². The Labute approximate surface area is 277 Å². The van der Waals surface area contributed by atoms with Gasteiger partial charge in [-0.05, 0) is 71.6 Å². The Kier molecular flexibility index (Phi) is 4.83. The van der Waals surface area contributed by atoms with E-state index in [-0.39, 0.29) is 24.2 Å². The lowest BCUT2D eigenvalue weighted by Gasteiger charge is -2.19. The SMILES string of the molecule is [2H]c1c([2H])c([2H])c2c(ccc3c4cccc(-c5ccc(-c6c7ccccc7c(-c7cccc8ccccc78)c7ccccc67)cc5)c4oc32)c1[2H]. The molecule has 0 saturated carbocycles. The van der Waals surface area contributed by atoms with E-state index in [2.05, 4.69) is 115 Å². The molecule has 1 heteroatoms. The highest BCUT2D eigenvalue weighted by Gasteiger charge is 2.19. The van der Waals surface area contributed by atoms with E-state index in [1.54, 1.807) is 6.07 Å². The van der Waals surface area contributed by atoms with Crippen LogP contribution in [-0.4, -0.2) is 0 Å². The van der Waals surface area contributed by atoms with Gasteiger partial charge in [-0.1, -0.05) is 164 Å². The maximum Gasteiger partial charge on any atom is 0.143 e. The fourth-order valence-electron chi connectivity index (χ4n) is 7.50. The van der Waals surface area contributed by atoms with Crippen LogP contribution < -0.4 is 0 Å². The molecule has 1 aromatic heterocycles. The number of hydrogen-bond donors (Lipinski definition) is 0. The molecular formula is C46H28O. The summed E-state index contributed by atoms with van der Waals surface area (Å²) in [6.45, 7) is 0. The van der Waals surface area contributed by atoms with E-state index in [0.29, 0.717) is 21.9 Å². The predicted molar refractivity (Wildman–Crippen MR) is 200 cm³/mol. The van der Waals surface area contributed by atoms with Crippen molar-refractivity contribution in [1.29, 1.82) is 0 Å². The highest BCUT2D eigenvalue weighted by atomic mass is 16.3. The molecule has 47 heavy (non-hydrogen) atoms. The summed E-state index contributed by atoms with van der Waals surface area (Å²) >= 11 is 0. The third-order valence-corrected chi connectivity index (χ3v) is 9.59. The Morgan fingerprint density at radius 3 is 1.66 bits per heavy atom. The molecule has 9 aromatic carbocycles. The molecule has 1 nitrogen and oxygen atoms in total. The fraction of sp³-hybridized carbons (Fsp3) is 0. The van der Waals surface area contributed by atoms with E-state index < -0.39 is 0 Å². The third-order valence-electron chi connectivity index (χ3n) is 9.59. The van der Waals surface area contributed by atoms with E-state index in [0.717, 1.165) is 27.5 Å². The van der Waals surface area contributed by atoms with E-state index in [1.165, 1.54) is 49.0 Å². The molecule has 0 fully saturated rings. The summed E-state index contributed by atoms with van der Waals surface area (Å²) in [5.41, 5.74) is 7.87. The normalized spacial score (nSPS) is 13.0. The zero-order chi connectivity index (χ0) is 34.4. The second-order valence-electron chi connectivity index (χ2n) is 12.1. The average molecular weight is 601 g/mol. The van der Waals surface area contributed by atoms with Crippen LogP contribution in [0.3, 0.4) is 0 Å². The van der Waals surface area contributed by atoms with Gasteiger partial charge in [0.15, 0.2) is 0 Å². The van der Waals surface area contributed by atoms with Gasteiger partial charge < -0.3 is 4.42 Å². The summed E-state index contributed by atoms with van der Waals surface area (Å²) in [5.74, 6) is 0. The second kappa shape index (κ2) is 10.2. The van der Waals surface area contributed by atoms with Crippen molar-refractivity contribution < 1.29 is 9.90 Å². The van der Waals surface area contributed by atoms with Crippen molar-refractivity contribution in [3.8, 4) is 33.4 Å². The zero-order valence-electron chi connectivity index (χ0n) is 29.3. The number of rotatable bonds is 3. The minimum Gasteiger partial charge on any atom is -0.455 e. The molecule has 10 rings (SSSR count). The molecule has 1 heterocycles. The van der Waals surface area contributed by atoms with Crippen LogP contribution in [-0.2, 0) is 0 Å². The molecular weight excluding hydrogens is 569 g/mol. The minimum atomic E-state index is -0.263. The van der Waals surface area contributed by atoms with Crippen LogP contribution in [0.25, 0.3) is 98.4 Å². The maximum atomic E-state index is 8.67. The highest BCUT2D eigenvalue weighted by Crippen LogP contribution is 2.46.